The number of fused-ring (bicyclic) bond motifs is 1. The van der Waals surface area contributed by atoms with E-state index >= 15 is 0 Å². The highest BCUT2D eigenvalue weighted by molar-refractivity contribution is 8.01. The number of carbonyl (C=O) groups is 2. The van der Waals surface area contributed by atoms with Gasteiger partial charge in [0, 0.05) is 30.3 Å². The smallest absolute Gasteiger partial charge is 0.238 e. The van der Waals surface area contributed by atoms with Gasteiger partial charge >= 0.3 is 0 Å². The van der Waals surface area contributed by atoms with Crippen LogP contribution in [0.5, 0.6) is 0 Å². The Morgan fingerprint density at radius 1 is 1.23 bits per heavy atom. The van der Waals surface area contributed by atoms with Crippen LogP contribution in [0.4, 0.5) is 5.69 Å². The van der Waals surface area contributed by atoms with Crippen LogP contribution < -0.4 is 10.6 Å². The first-order valence-corrected chi connectivity index (χ1v) is 7.82. The van der Waals surface area contributed by atoms with Crippen LogP contribution in [-0.4, -0.2) is 22.0 Å². The van der Waals surface area contributed by atoms with Crippen molar-refractivity contribution in [3.8, 4) is 0 Å². The van der Waals surface area contributed by atoms with Gasteiger partial charge in [0.2, 0.25) is 11.8 Å². The third kappa shape index (κ3) is 3.46. The maximum absolute atomic E-state index is 12.0. The summed E-state index contributed by atoms with van der Waals surface area (Å²) in [6.45, 7) is 0.441. The van der Waals surface area contributed by atoms with E-state index in [4.69, 9.17) is 0 Å². The molecule has 0 fully saturated rings. The predicted octanol–water partition coefficient (Wildman–Crippen LogP) is 2.20. The van der Waals surface area contributed by atoms with Crippen LogP contribution in [0.3, 0.4) is 0 Å². The number of benzene rings is 1. The Hall–Kier alpha value is -2.34. The minimum Gasteiger partial charge on any atom is -0.352 e. The molecule has 0 saturated carbocycles. The molecule has 0 spiro atoms. The number of hydrogen-bond donors (Lipinski definition) is 2. The van der Waals surface area contributed by atoms with Crippen molar-refractivity contribution in [3.63, 3.8) is 0 Å². The molecule has 1 aliphatic rings. The number of amides is 2. The van der Waals surface area contributed by atoms with E-state index in [2.05, 4.69) is 15.6 Å². The fourth-order valence-electron chi connectivity index (χ4n) is 2.17. The zero-order valence-electron chi connectivity index (χ0n) is 11.8. The lowest BCUT2D eigenvalue weighted by Crippen LogP contribution is -2.34. The minimum absolute atomic E-state index is 0.122. The van der Waals surface area contributed by atoms with Crippen molar-refractivity contribution >= 4 is 29.3 Å². The van der Waals surface area contributed by atoms with Crippen LogP contribution in [-0.2, 0) is 16.1 Å². The molecule has 2 heterocycles. The van der Waals surface area contributed by atoms with E-state index < -0.39 is 5.25 Å². The Morgan fingerprint density at radius 2 is 2.00 bits per heavy atom. The molecule has 0 bridgehead atoms. The molecular formula is C16H15N3O2S. The summed E-state index contributed by atoms with van der Waals surface area (Å²) in [7, 11) is 0. The fraction of sp³-hybridized carbons (Fsp3) is 0.188. The molecule has 0 unspecified atom stereocenters. The quantitative estimate of drug-likeness (QED) is 0.908. The van der Waals surface area contributed by atoms with Crippen molar-refractivity contribution in [2.45, 2.75) is 23.1 Å². The average Bonchev–Trinajstić information content (AvgIpc) is 2.55. The van der Waals surface area contributed by atoms with E-state index in [9.17, 15) is 9.59 Å². The number of hydrogen-bond acceptors (Lipinski definition) is 4. The van der Waals surface area contributed by atoms with Gasteiger partial charge in [-0.15, -0.1) is 11.8 Å². The lowest BCUT2D eigenvalue weighted by atomic mass is 10.2. The third-order valence-corrected chi connectivity index (χ3v) is 4.59. The maximum Gasteiger partial charge on any atom is 0.238 e. The van der Waals surface area contributed by atoms with Gasteiger partial charge in [0.25, 0.3) is 0 Å². The standard InChI is InChI=1S/C16H15N3O2S/c20-15(18-10-11-5-7-17-8-6-11)9-14-16(21)19-12-3-1-2-4-13(12)22-14/h1-8,14H,9-10H2,(H,18,20)(H,19,21)/t14-/m1/s1. The number of rotatable bonds is 4. The number of aromatic nitrogens is 1. The molecule has 0 radical (unpaired) electrons. The van der Waals surface area contributed by atoms with Gasteiger partial charge < -0.3 is 10.6 Å². The van der Waals surface area contributed by atoms with E-state index in [0.29, 0.717) is 6.54 Å². The molecular weight excluding hydrogens is 298 g/mol. The summed E-state index contributed by atoms with van der Waals surface area (Å²) in [5, 5.41) is 5.28. The molecule has 1 atom stereocenters. The van der Waals surface area contributed by atoms with Crippen molar-refractivity contribution in [1.29, 1.82) is 0 Å². The van der Waals surface area contributed by atoms with Gasteiger partial charge in [0.15, 0.2) is 0 Å². The Balaban J connectivity index is 1.57. The van der Waals surface area contributed by atoms with E-state index in [1.807, 2.05) is 36.4 Å². The lowest BCUT2D eigenvalue weighted by Gasteiger charge is -2.23. The highest BCUT2D eigenvalue weighted by Gasteiger charge is 2.28. The summed E-state index contributed by atoms with van der Waals surface area (Å²) < 4.78 is 0. The second-order valence-electron chi connectivity index (χ2n) is 4.93. The zero-order valence-corrected chi connectivity index (χ0v) is 12.6. The highest BCUT2D eigenvalue weighted by Crippen LogP contribution is 2.36. The zero-order chi connectivity index (χ0) is 15.4. The summed E-state index contributed by atoms with van der Waals surface area (Å²) >= 11 is 1.43. The van der Waals surface area contributed by atoms with Crippen LogP contribution in [0.1, 0.15) is 12.0 Å². The van der Waals surface area contributed by atoms with Crippen molar-refractivity contribution in [1.82, 2.24) is 10.3 Å². The van der Waals surface area contributed by atoms with Gasteiger partial charge in [-0.3, -0.25) is 14.6 Å². The number of pyridine rings is 1. The van der Waals surface area contributed by atoms with Gasteiger partial charge in [-0.2, -0.15) is 0 Å². The number of anilines is 1. The molecule has 2 N–H and O–H groups in total. The Morgan fingerprint density at radius 3 is 2.82 bits per heavy atom. The van der Waals surface area contributed by atoms with Crippen LogP contribution >= 0.6 is 11.8 Å². The van der Waals surface area contributed by atoms with Crippen LogP contribution in [0.15, 0.2) is 53.7 Å². The largest absolute Gasteiger partial charge is 0.352 e. The SMILES string of the molecule is O=C(C[C@H]1Sc2ccccc2NC1=O)NCc1ccncc1. The molecule has 0 aliphatic carbocycles. The van der Waals surface area contributed by atoms with E-state index in [1.54, 1.807) is 12.4 Å². The van der Waals surface area contributed by atoms with Crippen LogP contribution in [0.25, 0.3) is 0 Å². The van der Waals surface area contributed by atoms with E-state index in [1.165, 1.54) is 11.8 Å². The predicted molar refractivity (Wildman–Crippen MR) is 85.4 cm³/mol. The molecule has 22 heavy (non-hydrogen) atoms. The summed E-state index contributed by atoms with van der Waals surface area (Å²) in [5.74, 6) is -0.258. The van der Waals surface area contributed by atoms with Gasteiger partial charge in [-0.25, -0.2) is 0 Å². The topological polar surface area (TPSA) is 71.1 Å². The first-order valence-electron chi connectivity index (χ1n) is 6.94. The highest BCUT2D eigenvalue weighted by atomic mass is 32.2. The minimum atomic E-state index is -0.396. The molecule has 0 saturated heterocycles. The normalized spacial score (nSPS) is 16.5. The maximum atomic E-state index is 12.0. The molecule has 112 valence electrons. The number of thioether (sulfide) groups is 1. The van der Waals surface area contributed by atoms with Gasteiger partial charge in [0.1, 0.15) is 0 Å². The van der Waals surface area contributed by atoms with E-state index in [-0.39, 0.29) is 18.2 Å². The van der Waals surface area contributed by atoms with Crippen molar-refractivity contribution in [2.75, 3.05) is 5.32 Å². The molecule has 1 aliphatic heterocycles. The summed E-state index contributed by atoms with van der Waals surface area (Å²) in [5.41, 5.74) is 1.79. The summed E-state index contributed by atoms with van der Waals surface area (Å²) in [6.07, 6.45) is 3.53. The summed E-state index contributed by atoms with van der Waals surface area (Å²) in [4.78, 5) is 29.0. The Labute approximate surface area is 132 Å². The van der Waals surface area contributed by atoms with Gasteiger partial charge in [-0.1, -0.05) is 12.1 Å². The molecule has 6 heteroatoms. The molecule has 1 aromatic carbocycles. The molecule has 5 nitrogen and oxygen atoms in total. The van der Waals surface area contributed by atoms with Crippen LogP contribution in [0.2, 0.25) is 0 Å². The Kier molecular flexibility index (Phi) is 4.39. The number of nitrogens with one attached hydrogen (secondary N) is 2. The van der Waals surface area contributed by atoms with Crippen molar-refractivity contribution in [3.05, 3.63) is 54.4 Å². The lowest BCUT2D eigenvalue weighted by molar-refractivity contribution is -0.124. The van der Waals surface area contributed by atoms with Gasteiger partial charge in [0.05, 0.1) is 10.9 Å². The fourth-order valence-corrected chi connectivity index (χ4v) is 3.28. The first-order chi connectivity index (χ1) is 10.7. The molecule has 1 aromatic heterocycles. The average molecular weight is 313 g/mol. The van der Waals surface area contributed by atoms with Gasteiger partial charge in [-0.05, 0) is 29.8 Å². The first kappa shape index (κ1) is 14.6. The Bertz CT molecular complexity index is 691. The summed E-state index contributed by atoms with van der Waals surface area (Å²) in [6, 6.07) is 11.3. The second-order valence-corrected chi connectivity index (χ2v) is 6.17. The second kappa shape index (κ2) is 6.62. The number of nitrogens with zero attached hydrogens (tertiary/aromatic N) is 1. The number of para-hydroxylation sites is 1. The molecule has 2 amide bonds. The number of carbonyl (C=O) groups excluding carboxylic acids is 2. The molecule has 2 aromatic rings. The van der Waals surface area contributed by atoms with Crippen molar-refractivity contribution in [2.24, 2.45) is 0 Å². The molecule has 3 rings (SSSR count). The third-order valence-electron chi connectivity index (χ3n) is 3.32. The monoisotopic (exact) mass is 313 g/mol. The van der Waals surface area contributed by atoms with Crippen LogP contribution in [0, 0.1) is 0 Å². The van der Waals surface area contributed by atoms with E-state index in [0.717, 1.165) is 16.1 Å². The van der Waals surface area contributed by atoms with Crippen molar-refractivity contribution < 1.29 is 9.59 Å².